The van der Waals surface area contributed by atoms with Gasteiger partial charge in [0, 0.05) is 26.2 Å². The van der Waals surface area contributed by atoms with Crippen molar-refractivity contribution in [3.63, 3.8) is 0 Å². The predicted molar refractivity (Wildman–Crippen MR) is 41.6 cm³/mol. The maximum absolute atomic E-state index is 2.53. The highest BCUT2D eigenvalue weighted by molar-refractivity contribution is 4.69. The molecule has 2 heteroatoms. The summed E-state index contributed by atoms with van der Waals surface area (Å²) in [5.41, 5.74) is 0. The molecule has 10 heavy (non-hydrogen) atoms. The van der Waals surface area contributed by atoms with Gasteiger partial charge in [0.05, 0.1) is 0 Å². The largest absolute Gasteiger partial charge is 0.242 e. The van der Waals surface area contributed by atoms with Gasteiger partial charge < -0.3 is 0 Å². The third kappa shape index (κ3) is 1.18. The molecule has 0 aromatic heterocycles. The molecule has 0 atom stereocenters. The van der Waals surface area contributed by atoms with E-state index >= 15 is 0 Å². The summed E-state index contributed by atoms with van der Waals surface area (Å²) in [6, 6.07) is 0. The Balaban J connectivity index is 1.93. The minimum Gasteiger partial charge on any atom is -0.242 e. The van der Waals surface area contributed by atoms with Gasteiger partial charge in [0.1, 0.15) is 0 Å². The zero-order chi connectivity index (χ0) is 6.81. The molecule has 0 saturated carbocycles. The number of hydrazine groups is 1. The van der Waals surface area contributed by atoms with Gasteiger partial charge in [0.2, 0.25) is 0 Å². The first-order valence-corrected chi connectivity index (χ1v) is 4.46. The molecule has 2 aliphatic heterocycles. The molecule has 2 rings (SSSR count). The Morgan fingerprint density at radius 2 is 0.800 bits per heavy atom. The summed E-state index contributed by atoms with van der Waals surface area (Å²) in [4.78, 5) is 0. The SMILES string of the molecule is C1CCN2CCCCN2C1. The van der Waals surface area contributed by atoms with Crippen molar-refractivity contribution in [3.8, 4) is 0 Å². The summed E-state index contributed by atoms with van der Waals surface area (Å²) in [5.74, 6) is 0. The third-order valence-corrected chi connectivity index (χ3v) is 2.56. The van der Waals surface area contributed by atoms with Crippen LogP contribution in [0.5, 0.6) is 0 Å². The molecule has 0 bridgehead atoms. The van der Waals surface area contributed by atoms with E-state index in [2.05, 4.69) is 10.0 Å². The molecule has 0 N–H and O–H groups in total. The highest BCUT2D eigenvalue weighted by Gasteiger charge is 2.21. The van der Waals surface area contributed by atoms with Gasteiger partial charge in [-0.15, -0.1) is 0 Å². The Labute approximate surface area is 62.8 Å². The third-order valence-electron chi connectivity index (χ3n) is 2.56. The lowest BCUT2D eigenvalue weighted by Crippen LogP contribution is -2.50. The molecule has 0 unspecified atom stereocenters. The van der Waals surface area contributed by atoms with Gasteiger partial charge in [-0.1, -0.05) is 0 Å². The first kappa shape index (κ1) is 6.62. The lowest BCUT2D eigenvalue weighted by molar-refractivity contribution is -0.0722. The molecule has 2 fully saturated rings. The highest BCUT2D eigenvalue weighted by Crippen LogP contribution is 2.16. The van der Waals surface area contributed by atoms with Crippen molar-refractivity contribution in [2.75, 3.05) is 26.2 Å². The van der Waals surface area contributed by atoms with Crippen LogP contribution in [0.4, 0.5) is 0 Å². The van der Waals surface area contributed by atoms with Gasteiger partial charge in [-0.25, -0.2) is 10.0 Å². The number of nitrogens with zero attached hydrogens (tertiary/aromatic N) is 2. The van der Waals surface area contributed by atoms with Gasteiger partial charge in [0.25, 0.3) is 0 Å². The van der Waals surface area contributed by atoms with E-state index in [1.54, 1.807) is 0 Å². The van der Waals surface area contributed by atoms with Crippen LogP contribution in [0.25, 0.3) is 0 Å². The average Bonchev–Trinajstić information content (AvgIpc) is 2.05. The second-order valence-electron chi connectivity index (χ2n) is 3.32. The molecule has 2 aliphatic rings. The minimum absolute atomic E-state index is 1.32. The molecule has 2 heterocycles. The van der Waals surface area contributed by atoms with Crippen LogP contribution in [0.1, 0.15) is 25.7 Å². The molecule has 0 aromatic carbocycles. The maximum atomic E-state index is 2.53. The van der Waals surface area contributed by atoms with Crippen molar-refractivity contribution >= 4 is 0 Å². The molecule has 2 saturated heterocycles. The van der Waals surface area contributed by atoms with E-state index in [-0.39, 0.29) is 0 Å². The van der Waals surface area contributed by atoms with Crippen molar-refractivity contribution in [1.82, 2.24) is 10.0 Å². The fraction of sp³-hybridized carbons (Fsp3) is 1.00. The summed E-state index contributed by atoms with van der Waals surface area (Å²) in [6.07, 6.45) is 5.65. The van der Waals surface area contributed by atoms with Crippen LogP contribution < -0.4 is 0 Å². The number of fused-ring (bicyclic) bond motifs is 1. The standard InChI is InChI=1S/C8H16N2/c1-2-6-10-8-4-3-7-9(10)5-1/h1-8H2. The fourth-order valence-electron chi connectivity index (χ4n) is 1.97. The molecule has 0 spiro atoms. The first-order valence-electron chi connectivity index (χ1n) is 4.46. The normalized spacial score (nSPS) is 30.0. The van der Waals surface area contributed by atoms with Crippen molar-refractivity contribution in [2.45, 2.75) is 25.7 Å². The van der Waals surface area contributed by atoms with E-state index in [0.717, 1.165) is 0 Å². The Kier molecular flexibility index (Phi) is 1.91. The molecular formula is C8H16N2. The van der Waals surface area contributed by atoms with Crippen molar-refractivity contribution in [3.05, 3.63) is 0 Å². The zero-order valence-corrected chi connectivity index (χ0v) is 6.55. The van der Waals surface area contributed by atoms with E-state index in [1.165, 1.54) is 51.9 Å². The number of hydrogen-bond acceptors (Lipinski definition) is 2. The van der Waals surface area contributed by atoms with Crippen LogP contribution in [0.15, 0.2) is 0 Å². The van der Waals surface area contributed by atoms with Crippen LogP contribution >= 0.6 is 0 Å². The molecule has 0 amide bonds. The maximum Gasteiger partial charge on any atom is 0.0133 e. The Morgan fingerprint density at radius 1 is 0.500 bits per heavy atom. The summed E-state index contributed by atoms with van der Waals surface area (Å²) in [6.45, 7) is 5.28. The summed E-state index contributed by atoms with van der Waals surface area (Å²) in [5, 5.41) is 5.07. The van der Waals surface area contributed by atoms with E-state index < -0.39 is 0 Å². The smallest absolute Gasteiger partial charge is 0.0133 e. The van der Waals surface area contributed by atoms with Crippen LogP contribution in [0.3, 0.4) is 0 Å². The summed E-state index contributed by atoms with van der Waals surface area (Å²) >= 11 is 0. The van der Waals surface area contributed by atoms with E-state index in [9.17, 15) is 0 Å². The second-order valence-corrected chi connectivity index (χ2v) is 3.32. The summed E-state index contributed by atoms with van der Waals surface area (Å²) < 4.78 is 0. The Bertz CT molecular complexity index is 87.8. The lowest BCUT2D eigenvalue weighted by atomic mass is 10.2. The Morgan fingerprint density at radius 3 is 1.10 bits per heavy atom. The Hall–Kier alpha value is -0.0800. The van der Waals surface area contributed by atoms with E-state index in [4.69, 9.17) is 0 Å². The van der Waals surface area contributed by atoms with E-state index in [0.29, 0.717) is 0 Å². The van der Waals surface area contributed by atoms with Gasteiger partial charge in [0.15, 0.2) is 0 Å². The van der Waals surface area contributed by atoms with Crippen LogP contribution in [-0.2, 0) is 0 Å². The highest BCUT2D eigenvalue weighted by atomic mass is 15.6. The molecule has 2 nitrogen and oxygen atoms in total. The van der Waals surface area contributed by atoms with Crippen LogP contribution in [0, 0.1) is 0 Å². The summed E-state index contributed by atoms with van der Waals surface area (Å²) in [7, 11) is 0. The fourth-order valence-corrected chi connectivity index (χ4v) is 1.97. The first-order chi connectivity index (χ1) is 4.97. The van der Waals surface area contributed by atoms with Crippen LogP contribution in [0.2, 0.25) is 0 Å². The molecule has 0 aliphatic carbocycles. The van der Waals surface area contributed by atoms with Crippen molar-refractivity contribution < 1.29 is 0 Å². The van der Waals surface area contributed by atoms with Crippen molar-refractivity contribution in [1.29, 1.82) is 0 Å². The monoisotopic (exact) mass is 140 g/mol. The van der Waals surface area contributed by atoms with Gasteiger partial charge in [-0.3, -0.25) is 0 Å². The molecular weight excluding hydrogens is 124 g/mol. The number of rotatable bonds is 0. The quantitative estimate of drug-likeness (QED) is 0.497. The topological polar surface area (TPSA) is 6.48 Å². The molecule has 58 valence electrons. The second kappa shape index (κ2) is 2.89. The van der Waals surface area contributed by atoms with Crippen molar-refractivity contribution in [2.24, 2.45) is 0 Å². The van der Waals surface area contributed by atoms with Gasteiger partial charge in [-0.05, 0) is 25.7 Å². The minimum atomic E-state index is 1.32. The van der Waals surface area contributed by atoms with Gasteiger partial charge in [-0.2, -0.15) is 0 Å². The predicted octanol–water partition coefficient (Wildman–Crippen LogP) is 1.09. The van der Waals surface area contributed by atoms with E-state index in [1.807, 2.05) is 0 Å². The number of hydrogen-bond donors (Lipinski definition) is 0. The average molecular weight is 140 g/mol. The van der Waals surface area contributed by atoms with Gasteiger partial charge >= 0.3 is 0 Å². The zero-order valence-electron chi connectivity index (χ0n) is 6.55. The lowest BCUT2D eigenvalue weighted by Gasteiger charge is -2.41. The molecule has 0 aromatic rings. The molecule has 0 radical (unpaired) electrons. The van der Waals surface area contributed by atoms with Crippen LogP contribution in [-0.4, -0.2) is 36.2 Å².